The van der Waals surface area contributed by atoms with Gasteiger partial charge in [-0.15, -0.1) is 0 Å². The van der Waals surface area contributed by atoms with Gasteiger partial charge in [-0.1, -0.05) is 18.2 Å². The van der Waals surface area contributed by atoms with Crippen molar-refractivity contribution in [1.82, 2.24) is 4.57 Å². The molecule has 2 aromatic carbocycles. The molecule has 0 saturated heterocycles. The van der Waals surface area contributed by atoms with Gasteiger partial charge in [0.1, 0.15) is 11.6 Å². The number of methoxy groups -OCH3 is 1. The van der Waals surface area contributed by atoms with E-state index in [9.17, 15) is 9.18 Å². The van der Waals surface area contributed by atoms with Crippen molar-refractivity contribution in [2.24, 2.45) is 0 Å². The molecule has 0 aliphatic carbocycles. The van der Waals surface area contributed by atoms with Gasteiger partial charge in [-0.3, -0.25) is 4.79 Å². The molecular weight excluding hydrogens is 305 g/mol. The number of fused-ring (bicyclic) bond motifs is 2. The van der Waals surface area contributed by atoms with Crippen molar-refractivity contribution in [2.45, 2.75) is 13.0 Å². The molecule has 2 heterocycles. The normalized spacial score (nSPS) is 13.1. The van der Waals surface area contributed by atoms with E-state index < -0.39 is 0 Å². The maximum Gasteiger partial charge on any atom is 0.258 e. The number of allylic oxidation sites excluding steroid dienone is 1. The fraction of sp³-hybridized carbons (Fsp3) is 0.150. The quantitative estimate of drug-likeness (QED) is 0.707. The van der Waals surface area contributed by atoms with Crippen LogP contribution in [-0.4, -0.2) is 11.7 Å². The van der Waals surface area contributed by atoms with Crippen LogP contribution in [0.4, 0.5) is 4.39 Å². The van der Waals surface area contributed by atoms with Gasteiger partial charge in [0.05, 0.1) is 12.8 Å². The molecule has 120 valence electrons. The fourth-order valence-corrected chi connectivity index (χ4v) is 3.31. The van der Waals surface area contributed by atoms with Crippen LogP contribution in [0.15, 0.2) is 53.3 Å². The molecule has 0 spiro atoms. The van der Waals surface area contributed by atoms with E-state index in [0.717, 1.165) is 28.6 Å². The first kappa shape index (κ1) is 14.7. The monoisotopic (exact) mass is 321 g/mol. The third kappa shape index (κ3) is 2.22. The first-order valence-corrected chi connectivity index (χ1v) is 7.86. The number of rotatable bonds is 2. The average Bonchev–Trinajstić information content (AvgIpc) is 2.61. The van der Waals surface area contributed by atoms with Gasteiger partial charge >= 0.3 is 0 Å². The smallest absolute Gasteiger partial charge is 0.258 e. The first-order valence-electron chi connectivity index (χ1n) is 7.86. The number of nitrogens with zero attached hydrogens (tertiary/aromatic N) is 1. The molecule has 1 aliphatic heterocycles. The molecule has 0 saturated carbocycles. The van der Waals surface area contributed by atoms with Crippen LogP contribution in [0.2, 0.25) is 0 Å². The summed E-state index contributed by atoms with van der Waals surface area (Å²) in [4.78, 5) is 12.8. The lowest BCUT2D eigenvalue weighted by Gasteiger charge is -2.20. The van der Waals surface area contributed by atoms with Gasteiger partial charge in [-0.2, -0.15) is 0 Å². The second-order valence-electron chi connectivity index (χ2n) is 5.83. The Bertz CT molecular complexity index is 1030. The van der Waals surface area contributed by atoms with Crippen molar-refractivity contribution in [3.8, 4) is 16.9 Å². The van der Waals surface area contributed by atoms with Crippen molar-refractivity contribution in [2.75, 3.05) is 7.11 Å². The van der Waals surface area contributed by atoms with E-state index in [1.807, 2.05) is 24.3 Å². The molecule has 0 unspecified atom stereocenters. The van der Waals surface area contributed by atoms with E-state index in [-0.39, 0.29) is 11.4 Å². The van der Waals surface area contributed by atoms with Gasteiger partial charge in [0.25, 0.3) is 5.56 Å². The molecule has 1 aliphatic rings. The maximum atomic E-state index is 13.8. The van der Waals surface area contributed by atoms with Gasteiger partial charge in [-0.05, 0) is 48.4 Å². The number of hydrogen-bond donors (Lipinski definition) is 0. The number of pyridine rings is 1. The minimum absolute atomic E-state index is 0.0212. The Morgan fingerprint density at radius 3 is 2.79 bits per heavy atom. The molecule has 0 atom stereocenters. The molecular formula is C20H16FNO2. The molecule has 24 heavy (non-hydrogen) atoms. The summed E-state index contributed by atoms with van der Waals surface area (Å²) in [6, 6.07) is 11.9. The highest BCUT2D eigenvalue weighted by Crippen LogP contribution is 2.34. The van der Waals surface area contributed by atoms with Gasteiger partial charge < -0.3 is 9.30 Å². The minimum atomic E-state index is -0.298. The molecule has 4 heteroatoms. The summed E-state index contributed by atoms with van der Waals surface area (Å²) < 4.78 is 20.9. The van der Waals surface area contributed by atoms with Crippen molar-refractivity contribution in [3.05, 3.63) is 70.4 Å². The van der Waals surface area contributed by atoms with E-state index in [4.69, 9.17) is 4.74 Å². The number of ether oxygens (including phenoxy) is 1. The molecule has 1 aromatic heterocycles. The van der Waals surface area contributed by atoms with E-state index >= 15 is 0 Å². The lowest BCUT2D eigenvalue weighted by Crippen LogP contribution is -2.25. The molecule has 0 fully saturated rings. The second kappa shape index (κ2) is 5.64. The van der Waals surface area contributed by atoms with E-state index in [1.165, 1.54) is 12.1 Å². The second-order valence-corrected chi connectivity index (χ2v) is 5.83. The maximum absolute atomic E-state index is 13.8. The highest BCUT2D eigenvalue weighted by Gasteiger charge is 2.18. The van der Waals surface area contributed by atoms with Crippen LogP contribution in [-0.2, 0) is 6.54 Å². The molecule has 3 nitrogen and oxygen atoms in total. The SMILES string of the molecule is COc1ccc2c(=O)n3c(c(-c4cccc(F)c4)c2c1)C=CCC3. The summed E-state index contributed by atoms with van der Waals surface area (Å²) in [6.45, 7) is 0.634. The van der Waals surface area contributed by atoms with Crippen LogP contribution in [0, 0.1) is 5.82 Å². The zero-order valence-corrected chi connectivity index (χ0v) is 13.3. The number of hydrogen-bond acceptors (Lipinski definition) is 2. The molecule has 0 bridgehead atoms. The summed E-state index contributed by atoms with van der Waals surface area (Å²) in [5, 5.41) is 1.40. The predicted molar refractivity (Wildman–Crippen MR) is 93.8 cm³/mol. The van der Waals surface area contributed by atoms with Crippen LogP contribution in [0.5, 0.6) is 5.75 Å². The zero-order chi connectivity index (χ0) is 16.7. The van der Waals surface area contributed by atoms with Gasteiger partial charge in [-0.25, -0.2) is 4.39 Å². The van der Waals surface area contributed by atoms with Crippen LogP contribution >= 0.6 is 0 Å². The molecule has 0 N–H and O–H groups in total. The van der Waals surface area contributed by atoms with Crippen molar-refractivity contribution >= 4 is 16.8 Å². The summed E-state index contributed by atoms with van der Waals surface area (Å²) in [5.41, 5.74) is 2.41. The molecule has 0 amide bonds. The third-order valence-corrected chi connectivity index (χ3v) is 4.43. The van der Waals surface area contributed by atoms with Gasteiger partial charge in [0, 0.05) is 22.9 Å². The van der Waals surface area contributed by atoms with E-state index in [2.05, 4.69) is 0 Å². The van der Waals surface area contributed by atoms with Crippen LogP contribution < -0.4 is 10.3 Å². The highest BCUT2D eigenvalue weighted by molar-refractivity contribution is 6.00. The highest BCUT2D eigenvalue weighted by atomic mass is 19.1. The largest absolute Gasteiger partial charge is 0.497 e. The lowest BCUT2D eigenvalue weighted by atomic mass is 9.95. The number of halogens is 1. The van der Waals surface area contributed by atoms with E-state index in [0.29, 0.717) is 17.7 Å². The van der Waals surface area contributed by atoms with Crippen molar-refractivity contribution in [3.63, 3.8) is 0 Å². The Morgan fingerprint density at radius 1 is 1.12 bits per heavy atom. The Balaban J connectivity index is 2.19. The van der Waals surface area contributed by atoms with Crippen LogP contribution in [0.1, 0.15) is 12.1 Å². The Labute approximate surface area is 138 Å². The zero-order valence-electron chi connectivity index (χ0n) is 13.3. The number of benzene rings is 2. The van der Waals surface area contributed by atoms with Crippen molar-refractivity contribution in [1.29, 1.82) is 0 Å². The predicted octanol–water partition coefficient (Wildman–Crippen LogP) is 4.23. The Morgan fingerprint density at radius 2 is 2.00 bits per heavy atom. The fourth-order valence-electron chi connectivity index (χ4n) is 3.31. The summed E-state index contributed by atoms with van der Waals surface area (Å²) in [6.07, 6.45) is 4.81. The van der Waals surface area contributed by atoms with Gasteiger partial charge in [0.15, 0.2) is 0 Å². The Hall–Kier alpha value is -2.88. The standard InChI is InChI=1S/C20H16FNO2/c1-24-15-8-9-16-17(12-15)19(13-5-4-6-14(21)11-13)18-7-2-3-10-22(18)20(16)23/h2,4-9,11-12H,3,10H2,1H3. The third-order valence-electron chi connectivity index (χ3n) is 4.43. The summed E-state index contributed by atoms with van der Waals surface area (Å²) in [5.74, 6) is 0.373. The Kier molecular flexibility index (Phi) is 3.45. The van der Waals surface area contributed by atoms with E-state index in [1.54, 1.807) is 29.9 Å². The molecule has 0 radical (unpaired) electrons. The van der Waals surface area contributed by atoms with Crippen LogP contribution in [0.3, 0.4) is 0 Å². The summed E-state index contributed by atoms with van der Waals surface area (Å²) in [7, 11) is 1.59. The molecule has 4 rings (SSSR count). The average molecular weight is 321 g/mol. The topological polar surface area (TPSA) is 31.2 Å². The number of aromatic nitrogens is 1. The first-order chi connectivity index (χ1) is 11.7. The lowest BCUT2D eigenvalue weighted by molar-refractivity contribution is 0.415. The van der Waals surface area contributed by atoms with Gasteiger partial charge in [0.2, 0.25) is 0 Å². The molecule has 3 aromatic rings. The summed E-state index contributed by atoms with van der Waals surface area (Å²) >= 11 is 0. The minimum Gasteiger partial charge on any atom is -0.497 e. The van der Waals surface area contributed by atoms with Crippen LogP contribution in [0.25, 0.3) is 28.0 Å². The van der Waals surface area contributed by atoms with Crippen molar-refractivity contribution < 1.29 is 9.13 Å².